The van der Waals surface area contributed by atoms with Crippen molar-refractivity contribution in [2.45, 2.75) is 42.0 Å². The molecule has 0 saturated carbocycles. The van der Waals surface area contributed by atoms with Crippen molar-refractivity contribution in [3.05, 3.63) is 16.1 Å². The summed E-state index contributed by atoms with van der Waals surface area (Å²) in [6, 6.07) is -0.617. The zero-order chi connectivity index (χ0) is 29.5. The number of rotatable bonds is 9. The van der Waals surface area contributed by atoms with E-state index in [1.165, 1.54) is 21.1 Å². The van der Waals surface area contributed by atoms with Crippen LogP contribution in [0.4, 0.5) is 4.79 Å². The molecule has 4 aliphatic heterocycles. The Bertz CT molecular complexity index is 1310. The monoisotopic (exact) mass is 602 g/mol. The number of thioether (sulfide) groups is 1. The summed E-state index contributed by atoms with van der Waals surface area (Å²) in [4.78, 5) is 75.7. The number of ether oxygens (including phenoxy) is 1. The van der Waals surface area contributed by atoms with E-state index in [0.29, 0.717) is 5.01 Å². The Labute approximate surface area is 244 Å². The molecule has 4 saturated heterocycles. The predicted octanol–water partition coefficient (Wildman–Crippen LogP) is -1.23. The van der Waals surface area contributed by atoms with Crippen molar-refractivity contribution in [2.75, 3.05) is 32.8 Å². The number of hydrogen-bond donors (Lipinski definition) is 1. The number of ketones is 1. The van der Waals surface area contributed by atoms with Crippen LogP contribution < -0.4 is 5.84 Å². The molecule has 214 valence electrons. The van der Waals surface area contributed by atoms with Crippen molar-refractivity contribution in [1.82, 2.24) is 19.8 Å². The molecule has 0 bridgehead atoms. The number of urea groups is 1. The summed E-state index contributed by atoms with van der Waals surface area (Å²) in [6.45, 7) is 2.21. The average Bonchev–Trinajstić information content (AvgIpc) is 3.67. The zero-order valence-electron chi connectivity index (χ0n) is 21.8. The minimum Gasteiger partial charge on any atom is -0.541 e. The van der Waals surface area contributed by atoms with Crippen LogP contribution in [0.5, 0.6) is 0 Å². The van der Waals surface area contributed by atoms with Crippen LogP contribution in [0.1, 0.15) is 30.0 Å². The molecular formula is C22H24B2N6O9S2. The van der Waals surface area contributed by atoms with E-state index < -0.39 is 51.4 Å². The van der Waals surface area contributed by atoms with Gasteiger partial charge < -0.3 is 23.8 Å². The lowest BCUT2D eigenvalue weighted by atomic mass is 9.90. The lowest BCUT2D eigenvalue weighted by Gasteiger charge is -2.41. The molecule has 4 fully saturated rings. The zero-order valence-corrected chi connectivity index (χ0v) is 23.5. The number of nitrogens with two attached hydrogens (primary N) is 1. The van der Waals surface area contributed by atoms with Gasteiger partial charge in [0.25, 0.3) is 0 Å². The Hall–Kier alpha value is -3.15. The van der Waals surface area contributed by atoms with Crippen LogP contribution in [-0.2, 0) is 38.1 Å². The third-order valence-corrected chi connectivity index (χ3v) is 9.98. The van der Waals surface area contributed by atoms with Crippen molar-refractivity contribution < 1.29 is 42.9 Å². The Morgan fingerprint density at radius 1 is 1.20 bits per heavy atom. The van der Waals surface area contributed by atoms with Crippen LogP contribution in [0.3, 0.4) is 0 Å². The van der Waals surface area contributed by atoms with E-state index in [9.17, 15) is 24.0 Å². The average molecular weight is 602 g/mol. The molecule has 5 rings (SSSR count). The van der Waals surface area contributed by atoms with Gasteiger partial charge in [0.05, 0.1) is 42.6 Å². The van der Waals surface area contributed by atoms with Crippen LogP contribution in [-0.4, -0.2) is 120 Å². The second kappa shape index (κ2) is 11.3. The van der Waals surface area contributed by atoms with Gasteiger partial charge in [0.15, 0.2) is 11.5 Å². The Balaban J connectivity index is 1.38. The summed E-state index contributed by atoms with van der Waals surface area (Å²) >= 11 is 2.27. The summed E-state index contributed by atoms with van der Waals surface area (Å²) in [5.41, 5.74) is -1.55. The molecule has 3 atom stereocenters. The minimum atomic E-state index is -1.62. The molecule has 2 N–H and O–H groups in total. The molecule has 4 aliphatic rings. The minimum absolute atomic E-state index is 0.0909. The molecule has 15 nitrogen and oxygen atoms in total. The van der Waals surface area contributed by atoms with Crippen molar-refractivity contribution in [3.63, 3.8) is 0 Å². The van der Waals surface area contributed by atoms with E-state index in [2.05, 4.69) is 19.4 Å². The Morgan fingerprint density at radius 2 is 1.90 bits per heavy atom. The Morgan fingerprint density at radius 3 is 2.49 bits per heavy atom. The second-order valence-corrected chi connectivity index (χ2v) is 12.3. The standard InChI is InChI=1S/C22H24B2N6O9S2/c1-11-26-13(9-40-11)15(27-39-21(18(33)37-23)2-6-36-7-3-21)14(31)8-12-16(32)28-10-22(19(34)38-24,41-17(12)28)29-4-5-30(25)20(29)35/h9,12,17H,2-8,10,25H2,1H3/b27-15-/t12-,17-,22-/m1/s1. The number of aryl methyl sites for hydroxylation is 1. The summed E-state index contributed by atoms with van der Waals surface area (Å²) in [7, 11) is 10.3. The number of nitrogens with zero attached hydrogens (tertiary/aromatic N) is 5. The number of Topliss-reactive ketones (excluding diaryl/α,β-unsaturated/α-hetero) is 1. The van der Waals surface area contributed by atoms with Gasteiger partial charge in [0.1, 0.15) is 5.69 Å². The maximum Gasteiger partial charge on any atom is 0.378 e. The highest BCUT2D eigenvalue weighted by molar-refractivity contribution is 8.02. The van der Waals surface area contributed by atoms with Crippen molar-refractivity contribution >= 4 is 74.6 Å². The second-order valence-electron chi connectivity index (χ2n) is 9.82. The number of oxime groups is 1. The molecule has 4 radical (unpaired) electrons. The van der Waals surface area contributed by atoms with Crippen LogP contribution in [0.25, 0.3) is 0 Å². The summed E-state index contributed by atoms with van der Waals surface area (Å²) in [5, 5.41) is 6.61. The quantitative estimate of drug-likeness (QED) is 0.0889. The topological polar surface area (TPSA) is 183 Å². The molecular weight excluding hydrogens is 578 g/mol. The molecule has 3 amide bonds. The van der Waals surface area contributed by atoms with Crippen molar-refractivity contribution in [1.29, 1.82) is 0 Å². The molecule has 0 aromatic carbocycles. The fourth-order valence-electron chi connectivity index (χ4n) is 5.20. The summed E-state index contributed by atoms with van der Waals surface area (Å²) < 4.78 is 14.3. The van der Waals surface area contributed by atoms with Gasteiger partial charge in [-0.05, 0) is 6.92 Å². The van der Waals surface area contributed by atoms with Crippen LogP contribution in [0.15, 0.2) is 10.5 Å². The molecule has 41 heavy (non-hydrogen) atoms. The van der Waals surface area contributed by atoms with Gasteiger partial charge in [-0.25, -0.2) is 20.4 Å². The van der Waals surface area contributed by atoms with E-state index in [0.717, 1.165) is 16.8 Å². The van der Waals surface area contributed by atoms with E-state index >= 15 is 0 Å². The number of hydrazine groups is 1. The highest BCUT2D eigenvalue weighted by Crippen LogP contribution is 2.53. The van der Waals surface area contributed by atoms with Crippen molar-refractivity contribution in [2.24, 2.45) is 16.9 Å². The largest absolute Gasteiger partial charge is 0.541 e. The number of fused-ring (bicyclic) bond motifs is 1. The number of thiazole rings is 1. The lowest BCUT2D eigenvalue weighted by molar-refractivity contribution is -0.175. The third kappa shape index (κ3) is 4.97. The van der Waals surface area contributed by atoms with E-state index in [1.807, 2.05) is 0 Å². The first-order chi connectivity index (χ1) is 19.6. The molecule has 1 aromatic heterocycles. The Kier molecular flexibility index (Phi) is 8.06. The van der Waals surface area contributed by atoms with E-state index in [4.69, 9.17) is 31.5 Å². The van der Waals surface area contributed by atoms with Crippen molar-refractivity contribution in [3.8, 4) is 0 Å². The molecule has 0 aliphatic carbocycles. The SMILES string of the molecule is [B]OC(=O)C1(O/N=C(\C(=O)C[C@@H]2C(=O)N3C[C@@](C(=O)O[B])(N4CCN(N)C4=O)S[C@H]23)c2csc(C)n2)CCOCC1. The molecule has 0 spiro atoms. The highest BCUT2D eigenvalue weighted by Gasteiger charge is 2.66. The van der Waals surface area contributed by atoms with Crippen LogP contribution in [0, 0.1) is 12.8 Å². The number of amides is 3. The fraction of sp³-hybridized carbons (Fsp3) is 0.591. The predicted molar refractivity (Wildman–Crippen MR) is 143 cm³/mol. The van der Waals surface area contributed by atoms with Crippen LogP contribution in [0.2, 0.25) is 0 Å². The van der Waals surface area contributed by atoms with E-state index in [-0.39, 0.29) is 63.5 Å². The molecule has 0 unspecified atom stereocenters. The number of β-lactam (4-membered cyclic amide) rings is 1. The maximum absolute atomic E-state index is 13.6. The molecule has 19 heteroatoms. The third-order valence-electron chi connectivity index (χ3n) is 7.48. The first-order valence-corrected chi connectivity index (χ1v) is 14.3. The van der Waals surface area contributed by atoms with Gasteiger partial charge >= 0.3 is 34.1 Å². The number of aromatic nitrogens is 1. The number of carbonyl (C=O) groups excluding carboxylic acids is 5. The first kappa shape index (κ1) is 29.3. The van der Waals surface area contributed by atoms with Gasteiger partial charge in [-0.2, -0.15) is 0 Å². The van der Waals surface area contributed by atoms with Gasteiger partial charge in [0.2, 0.25) is 16.4 Å². The first-order valence-electron chi connectivity index (χ1n) is 12.5. The summed E-state index contributed by atoms with van der Waals surface area (Å²) in [5.74, 6) is 2.08. The summed E-state index contributed by atoms with van der Waals surface area (Å²) in [6.07, 6.45) is -0.130. The fourth-order valence-corrected chi connectivity index (χ4v) is 7.54. The maximum atomic E-state index is 13.6. The molecule has 1 aromatic rings. The van der Waals surface area contributed by atoms with Gasteiger partial charge in [-0.1, -0.05) is 16.9 Å². The smallest absolute Gasteiger partial charge is 0.378 e. The van der Waals surface area contributed by atoms with Gasteiger partial charge in [-0.15, -0.1) is 11.3 Å². The molecule has 5 heterocycles. The lowest BCUT2D eigenvalue weighted by Crippen LogP contribution is -2.60. The highest BCUT2D eigenvalue weighted by atomic mass is 32.2. The van der Waals surface area contributed by atoms with Gasteiger partial charge in [-0.3, -0.25) is 24.3 Å². The normalized spacial score (nSPS) is 27.4. The number of hydrogen-bond acceptors (Lipinski definition) is 14. The number of carbonyl (C=O) groups is 5. The van der Waals surface area contributed by atoms with Gasteiger partial charge in [0, 0.05) is 31.2 Å². The van der Waals surface area contributed by atoms with Crippen LogP contribution >= 0.6 is 23.1 Å². The van der Waals surface area contributed by atoms with E-state index in [1.54, 1.807) is 12.3 Å².